The van der Waals surface area contributed by atoms with Gasteiger partial charge < -0.3 is 0 Å². The van der Waals surface area contributed by atoms with Gasteiger partial charge in [-0.1, -0.05) is 13.3 Å². The van der Waals surface area contributed by atoms with Crippen molar-refractivity contribution in [3.05, 3.63) is 12.2 Å². The molecule has 2 nitrogen and oxygen atoms in total. The molecule has 0 saturated carbocycles. The molecule has 0 aliphatic heterocycles. The molecule has 11 heavy (non-hydrogen) atoms. The van der Waals surface area contributed by atoms with Crippen LogP contribution in [0.2, 0.25) is 0 Å². The van der Waals surface area contributed by atoms with E-state index in [1.807, 2.05) is 6.92 Å². The minimum Gasteiger partial charge on any atom is -0.295 e. The quantitative estimate of drug-likeness (QED) is 0.567. The molecule has 0 aromatic carbocycles. The molecular formula is C9H14O2. The lowest BCUT2D eigenvalue weighted by atomic mass is 10.2. The van der Waals surface area contributed by atoms with E-state index >= 15 is 0 Å². The Bertz CT molecular complexity index is 168. The summed E-state index contributed by atoms with van der Waals surface area (Å²) in [4.78, 5) is 21.3. The minimum atomic E-state index is -0.0742. The molecule has 0 spiro atoms. The maximum absolute atomic E-state index is 10.9. The zero-order valence-electron chi connectivity index (χ0n) is 7.09. The fourth-order valence-electron chi connectivity index (χ4n) is 0.645. The average molecular weight is 154 g/mol. The lowest BCUT2D eigenvalue weighted by Gasteiger charge is -1.89. The summed E-state index contributed by atoms with van der Waals surface area (Å²) in [5, 5.41) is 0. The van der Waals surface area contributed by atoms with Crippen molar-refractivity contribution in [2.75, 3.05) is 0 Å². The van der Waals surface area contributed by atoms with E-state index < -0.39 is 0 Å². The van der Waals surface area contributed by atoms with E-state index in [-0.39, 0.29) is 11.6 Å². The highest BCUT2D eigenvalue weighted by Crippen LogP contribution is 1.95. The Labute approximate surface area is 67.3 Å². The van der Waals surface area contributed by atoms with Crippen LogP contribution in [0.4, 0.5) is 0 Å². The van der Waals surface area contributed by atoms with Gasteiger partial charge in [-0.05, 0) is 25.5 Å². The zero-order valence-corrected chi connectivity index (χ0v) is 7.09. The summed E-state index contributed by atoms with van der Waals surface area (Å²) in [7, 11) is 0. The van der Waals surface area contributed by atoms with Crippen molar-refractivity contribution in [1.82, 2.24) is 0 Å². The summed E-state index contributed by atoms with van der Waals surface area (Å²) >= 11 is 0. The van der Waals surface area contributed by atoms with Gasteiger partial charge in [0, 0.05) is 6.42 Å². The van der Waals surface area contributed by atoms with Crippen molar-refractivity contribution in [2.45, 2.75) is 33.1 Å². The van der Waals surface area contributed by atoms with Crippen LogP contribution in [-0.4, -0.2) is 11.6 Å². The van der Waals surface area contributed by atoms with E-state index in [1.165, 1.54) is 19.1 Å². The summed E-state index contributed by atoms with van der Waals surface area (Å²) in [6.07, 6.45) is 5.15. The molecular weight excluding hydrogens is 140 g/mol. The molecule has 0 N–H and O–H groups in total. The van der Waals surface area contributed by atoms with E-state index in [2.05, 4.69) is 0 Å². The van der Waals surface area contributed by atoms with Gasteiger partial charge in [0.05, 0.1) is 0 Å². The molecule has 0 radical (unpaired) electrons. The van der Waals surface area contributed by atoms with Gasteiger partial charge in [0.15, 0.2) is 11.6 Å². The summed E-state index contributed by atoms with van der Waals surface area (Å²) in [6, 6.07) is 0. The highest BCUT2D eigenvalue weighted by Gasteiger charge is 1.94. The molecule has 62 valence electrons. The fraction of sp³-hybridized carbons (Fsp3) is 0.556. The predicted octanol–water partition coefficient (Wildman–Crippen LogP) is 1.89. The Hall–Kier alpha value is -0.920. The maximum atomic E-state index is 10.9. The van der Waals surface area contributed by atoms with E-state index in [0.717, 1.165) is 12.8 Å². The van der Waals surface area contributed by atoms with Gasteiger partial charge in [-0.3, -0.25) is 9.59 Å². The lowest BCUT2D eigenvalue weighted by molar-refractivity contribution is -0.116. The van der Waals surface area contributed by atoms with E-state index in [4.69, 9.17) is 0 Å². The van der Waals surface area contributed by atoms with Gasteiger partial charge in [-0.15, -0.1) is 0 Å². The van der Waals surface area contributed by atoms with E-state index in [1.54, 1.807) is 0 Å². The van der Waals surface area contributed by atoms with Gasteiger partial charge in [-0.25, -0.2) is 0 Å². The first-order chi connectivity index (χ1) is 5.16. The van der Waals surface area contributed by atoms with E-state index in [0.29, 0.717) is 6.42 Å². The molecule has 0 heterocycles. The number of unbranched alkanes of at least 4 members (excludes halogenated alkanes) is 1. The lowest BCUT2D eigenvalue weighted by Crippen LogP contribution is -1.93. The van der Waals surface area contributed by atoms with Crippen LogP contribution in [0, 0.1) is 0 Å². The van der Waals surface area contributed by atoms with E-state index in [9.17, 15) is 9.59 Å². The molecule has 0 aliphatic carbocycles. The Balaban J connectivity index is 3.60. The van der Waals surface area contributed by atoms with Gasteiger partial charge >= 0.3 is 0 Å². The van der Waals surface area contributed by atoms with Crippen LogP contribution < -0.4 is 0 Å². The number of carbonyl (C=O) groups excluding carboxylic acids is 2. The van der Waals surface area contributed by atoms with Crippen LogP contribution in [0.3, 0.4) is 0 Å². The van der Waals surface area contributed by atoms with Gasteiger partial charge in [0.2, 0.25) is 0 Å². The molecule has 2 heteroatoms. The number of hydrogen-bond acceptors (Lipinski definition) is 2. The van der Waals surface area contributed by atoms with Crippen LogP contribution in [0.15, 0.2) is 12.2 Å². The van der Waals surface area contributed by atoms with Crippen molar-refractivity contribution >= 4 is 11.6 Å². The molecule has 0 aliphatic rings. The van der Waals surface area contributed by atoms with Gasteiger partial charge in [0.25, 0.3) is 0 Å². The molecule has 0 atom stereocenters. The number of carbonyl (C=O) groups is 2. The first kappa shape index (κ1) is 10.1. The standard InChI is InChI=1S/C9H14O2/c1-3-4-5-9(11)7-6-8(2)10/h6-7H,3-5H2,1-2H3. The van der Waals surface area contributed by atoms with Crippen LogP contribution in [0.5, 0.6) is 0 Å². The first-order valence-corrected chi connectivity index (χ1v) is 3.88. The average Bonchev–Trinajstić information content (AvgIpc) is 1.97. The summed E-state index contributed by atoms with van der Waals surface area (Å²) in [6.45, 7) is 3.46. The van der Waals surface area contributed by atoms with Gasteiger partial charge in [0.1, 0.15) is 0 Å². The number of rotatable bonds is 5. The summed E-state index contributed by atoms with van der Waals surface area (Å²) in [5.41, 5.74) is 0. The molecule has 0 aromatic rings. The molecule has 0 unspecified atom stereocenters. The molecule has 0 bridgehead atoms. The topological polar surface area (TPSA) is 34.1 Å². The summed E-state index contributed by atoms with van der Waals surface area (Å²) < 4.78 is 0. The van der Waals surface area contributed by atoms with Crippen molar-refractivity contribution in [1.29, 1.82) is 0 Å². The normalized spacial score (nSPS) is 10.4. The molecule has 0 saturated heterocycles. The maximum Gasteiger partial charge on any atom is 0.155 e. The second kappa shape index (κ2) is 5.83. The summed E-state index contributed by atoms with van der Waals surface area (Å²) in [5.74, 6) is -0.0306. The fourth-order valence-corrected chi connectivity index (χ4v) is 0.645. The van der Waals surface area contributed by atoms with Gasteiger partial charge in [-0.2, -0.15) is 0 Å². The predicted molar refractivity (Wildman–Crippen MR) is 44.4 cm³/mol. The monoisotopic (exact) mass is 154 g/mol. The number of hydrogen-bond donors (Lipinski definition) is 0. The highest BCUT2D eigenvalue weighted by molar-refractivity contribution is 5.97. The largest absolute Gasteiger partial charge is 0.295 e. The van der Waals surface area contributed by atoms with Crippen molar-refractivity contribution in [3.8, 4) is 0 Å². The van der Waals surface area contributed by atoms with Crippen LogP contribution in [0.25, 0.3) is 0 Å². The highest BCUT2D eigenvalue weighted by atomic mass is 16.1. The Morgan fingerprint density at radius 1 is 1.27 bits per heavy atom. The molecule has 0 aromatic heterocycles. The van der Waals surface area contributed by atoms with Crippen molar-refractivity contribution in [3.63, 3.8) is 0 Å². The number of allylic oxidation sites excluding steroid dienone is 2. The minimum absolute atomic E-state index is 0.0436. The van der Waals surface area contributed by atoms with Crippen molar-refractivity contribution < 1.29 is 9.59 Å². The molecule has 0 rings (SSSR count). The number of ketones is 2. The second-order valence-electron chi connectivity index (χ2n) is 2.51. The molecule has 0 amide bonds. The SMILES string of the molecule is CCCCC(=O)C=CC(C)=O. The van der Waals surface area contributed by atoms with Crippen LogP contribution in [0.1, 0.15) is 33.1 Å². The van der Waals surface area contributed by atoms with Crippen LogP contribution in [-0.2, 0) is 9.59 Å². The van der Waals surface area contributed by atoms with Crippen molar-refractivity contribution in [2.24, 2.45) is 0 Å². The van der Waals surface area contributed by atoms with Crippen LogP contribution >= 0.6 is 0 Å². The third kappa shape index (κ3) is 6.97. The Morgan fingerprint density at radius 3 is 2.36 bits per heavy atom. The third-order valence-corrected chi connectivity index (χ3v) is 1.28. The second-order valence-corrected chi connectivity index (χ2v) is 2.51. The Morgan fingerprint density at radius 2 is 1.91 bits per heavy atom. The first-order valence-electron chi connectivity index (χ1n) is 3.88. The third-order valence-electron chi connectivity index (χ3n) is 1.28. The molecule has 0 fully saturated rings. The smallest absolute Gasteiger partial charge is 0.155 e. The zero-order chi connectivity index (χ0) is 8.69. The Kier molecular flexibility index (Phi) is 5.35.